The van der Waals surface area contributed by atoms with Crippen LogP contribution in [0.4, 0.5) is 17.1 Å². The van der Waals surface area contributed by atoms with Gasteiger partial charge in [-0.05, 0) is 36.4 Å². The summed E-state index contributed by atoms with van der Waals surface area (Å²) in [6.45, 7) is 0. The number of benzene rings is 2. The number of ether oxygens (including phenoxy) is 2. The van der Waals surface area contributed by atoms with Crippen LogP contribution in [0.3, 0.4) is 0 Å². The molecule has 0 bridgehead atoms. The number of nitro groups is 1. The molecule has 2 aliphatic rings. The molecule has 4 rings (SSSR count). The first-order chi connectivity index (χ1) is 14.9. The molecule has 11 heteroatoms. The fourth-order valence-corrected chi connectivity index (χ4v) is 3.61. The van der Waals surface area contributed by atoms with E-state index in [0.717, 1.165) is 12.0 Å². The molecular formula is C20H16N4O7. The Labute approximate surface area is 175 Å². The summed E-state index contributed by atoms with van der Waals surface area (Å²) < 4.78 is 9.89. The zero-order valence-electron chi connectivity index (χ0n) is 16.4. The lowest BCUT2D eigenvalue weighted by Gasteiger charge is -2.22. The normalized spacial score (nSPS) is 19.9. The van der Waals surface area contributed by atoms with Gasteiger partial charge in [0.1, 0.15) is 17.7 Å². The molecule has 1 fully saturated rings. The second kappa shape index (κ2) is 7.52. The van der Waals surface area contributed by atoms with Crippen molar-refractivity contribution < 1.29 is 28.8 Å². The first kappa shape index (κ1) is 20.0. The van der Waals surface area contributed by atoms with Gasteiger partial charge in [0.2, 0.25) is 5.91 Å². The summed E-state index contributed by atoms with van der Waals surface area (Å²) in [5.74, 6) is -2.68. The minimum Gasteiger partial charge on any atom is -0.497 e. The number of methoxy groups -OCH3 is 2. The number of imide groups is 1. The van der Waals surface area contributed by atoms with E-state index in [-0.39, 0.29) is 17.1 Å². The number of anilines is 2. The number of nitro benzene ring substituents is 1. The van der Waals surface area contributed by atoms with E-state index in [2.05, 4.69) is 5.10 Å². The van der Waals surface area contributed by atoms with Gasteiger partial charge >= 0.3 is 5.97 Å². The molecule has 2 aromatic rings. The van der Waals surface area contributed by atoms with Crippen molar-refractivity contribution >= 4 is 40.6 Å². The van der Waals surface area contributed by atoms with Crippen LogP contribution in [0.15, 0.2) is 53.6 Å². The Morgan fingerprint density at radius 3 is 2.16 bits per heavy atom. The van der Waals surface area contributed by atoms with E-state index in [1.165, 1.54) is 36.4 Å². The van der Waals surface area contributed by atoms with Crippen molar-refractivity contribution in [2.75, 3.05) is 24.1 Å². The maximum Gasteiger partial charge on any atom is 0.355 e. The molecule has 0 spiro atoms. The molecule has 2 aliphatic heterocycles. The third-order valence-electron chi connectivity index (χ3n) is 5.10. The molecule has 11 nitrogen and oxygen atoms in total. The first-order valence-corrected chi connectivity index (χ1v) is 9.09. The number of carbonyl (C=O) groups excluding carboxylic acids is 3. The van der Waals surface area contributed by atoms with E-state index < -0.39 is 34.7 Å². The van der Waals surface area contributed by atoms with Crippen LogP contribution in [0.1, 0.15) is 0 Å². The van der Waals surface area contributed by atoms with E-state index in [1.807, 2.05) is 0 Å². The van der Waals surface area contributed by atoms with Gasteiger partial charge in [0.25, 0.3) is 11.6 Å². The van der Waals surface area contributed by atoms with Gasteiger partial charge in [-0.3, -0.25) is 24.7 Å². The van der Waals surface area contributed by atoms with Crippen molar-refractivity contribution in [2.24, 2.45) is 11.0 Å². The van der Waals surface area contributed by atoms with Gasteiger partial charge in [0.15, 0.2) is 5.71 Å². The lowest BCUT2D eigenvalue weighted by atomic mass is 9.98. The van der Waals surface area contributed by atoms with Crippen LogP contribution in [-0.2, 0) is 19.1 Å². The maximum atomic E-state index is 13.3. The lowest BCUT2D eigenvalue weighted by Crippen LogP contribution is -2.39. The number of hydrogen-bond acceptors (Lipinski definition) is 9. The Bertz CT molecular complexity index is 1110. The number of hydrazone groups is 1. The molecule has 2 heterocycles. The molecular weight excluding hydrogens is 408 g/mol. The third-order valence-corrected chi connectivity index (χ3v) is 5.10. The van der Waals surface area contributed by atoms with Crippen molar-refractivity contribution in [1.29, 1.82) is 0 Å². The first-order valence-electron chi connectivity index (χ1n) is 9.09. The number of non-ortho nitro benzene ring substituents is 1. The Morgan fingerprint density at radius 1 is 1.00 bits per heavy atom. The molecule has 31 heavy (non-hydrogen) atoms. The highest BCUT2D eigenvalue weighted by Gasteiger charge is 2.59. The second-order valence-electron chi connectivity index (χ2n) is 6.73. The predicted molar refractivity (Wildman–Crippen MR) is 108 cm³/mol. The number of rotatable bonds is 5. The zero-order chi connectivity index (χ0) is 22.3. The second-order valence-corrected chi connectivity index (χ2v) is 6.73. The van der Waals surface area contributed by atoms with E-state index in [1.54, 1.807) is 24.3 Å². The number of nitrogens with zero attached hydrogens (tertiary/aromatic N) is 4. The SMILES string of the molecule is COC(=O)C1=NN(c2ccc(OC)cc2)C2C(=O)N(c3ccc([N+](=O)[O-])cc3)C(=O)C12. The highest BCUT2D eigenvalue weighted by Crippen LogP contribution is 2.38. The zero-order valence-corrected chi connectivity index (χ0v) is 16.4. The molecule has 0 aromatic heterocycles. The molecule has 0 saturated carbocycles. The van der Waals surface area contributed by atoms with Gasteiger partial charge in [0.05, 0.1) is 30.5 Å². The summed E-state index contributed by atoms with van der Waals surface area (Å²) in [4.78, 5) is 49.9. The summed E-state index contributed by atoms with van der Waals surface area (Å²) in [7, 11) is 2.67. The van der Waals surface area contributed by atoms with E-state index >= 15 is 0 Å². The third kappa shape index (κ3) is 3.16. The van der Waals surface area contributed by atoms with Crippen molar-refractivity contribution in [3.63, 3.8) is 0 Å². The van der Waals surface area contributed by atoms with Crippen molar-refractivity contribution in [1.82, 2.24) is 0 Å². The van der Waals surface area contributed by atoms with Gasteiger partial charge in [-0.25, -0.2) is 9.69 Å². The number of fused-ring (bicyclic) bond motifs is 1. The molecule has 0 N–H and O–H groups in total. The molecule has 2 aromatic carbocycles. The number of hydrogen-bond donors (Lipinski definition) is 0. The van der Waals surface area contributed by atoms with Gasteiger partial charge in [-0.15, -0.1) is 0 Å². The Balaban J connectivity index is 1.75. The highest BCUT2D eigenvalue weighted by molar-refractivity contribution is 6.47. The largest absolute Gasteiger partial charge is 0.497 e. The maximum absolute atomic E-state index is 13.3. The summed E-state index contributed by atoms with van der Waals surface area (Å²) in [5, 5.41) is 16.4. The molecule has 2 atom stereocenters. The van der Waals surface area contributed by atoms with Crippen LogP contribution in [0, 0.1) is 16.0 Å². The van der Waals surface area contributed by atoms with Crippen LogP contribution >= 0.6 is 0 Å². The summed E-state index contributed by atoms with van der Waals surface area (Å²) in [5.41, 5.74) is 0.265. The van der Waals surface area contributed by atoms with Crippen molar-refractivity contribution in [3.8, 4) is 5.75 Å². The standard InChI is InChI=1S/C20H16N4O7/c1-30-14-9-7-12(8-10-14)23-17-15(16(21-23)20(27)31-2)18(25)22(19(17)26)11-3-5-13(6-4-11)24(28)29/h3-10,15,17H,1-2H3. The monoisotopic (exact) mass is 424 g/mol. The summed E-state index contributed by atoms with van der Waals surface area (Å²) in [6.07, 6.45) is 0. The average molecular weight is 424 g/mol. The van der Waals surface area contributed by atoms with E-state index in [4.69, 9.17) is 9.47 Å². The van der Waals surface area contributed by atoms with E-state index in [0.29, 0.717) is 11.4 Å². The highest BCUT2D eigenvalue weighted by atomic mass is 16.6. The van der Waals surface area contributed by atoms with Crippen LogP contribution in [-0.4, -0.2) is 48.7 Å². The molecule has 2 amide bonds. The fourth-order valence-electron chi connectivity index (χ4n) is 3.61. The van der Waals surface area contributed by atoms with Crippen LogP contribution in [0.2, 0.25) is 0 Å². The molecule has 1 saturated heterocycles. The number of amides is 2. The van der Waals surface area contributed by atoms with Crippen molar-refractivity contribution in [3.05, 3.63) is 58.6 Å². The Morgan fingerprint density at radius 2 is 1.61 bits per heavy atom. The lowest BCUT2D eigenvalue weighted by molar-refractivity contribution is -0.384. The topological polar surface area (TPSA) is 132 Å². The Kier molecular flexibility index (Phi) is 4.85. The fraction of sp³-hybridized carbons (Fsp3) is 0.200. The van der Waals surface area contributed by atoms with Crippen LogP contribution in [0.5, 0.6) is 5.75 Å². The Hall–Kier alpha value is -4.28. The number of esters is 1. The average Bonchev–Trinajstić information content (AvgIpc) is 3.30. The van der Waals surface area contributed by atoms with E-state index in [9.17, 15) is 24.5 Å². The smallest absolute Gasteiger partial charge is 0.355 e. The van der Waals surface area contributed by atoms with Gasteiger partial charge in [-0.2, -0.15) is 5.10 Å². The molecule has 2 unspecified atom stereocenters. The van der Waals surface area contributed by atoms with Crippen LogP contribution in [0.25, 0.3) is 0 Å². The van der Waals surface area contributed by atoms with Gasteiger partial charge < -0.3 is 9.47 Å². The van der Waals surface area contributed by atoms with Gasteiger partial charge in [-0.1, -0.05) is 0 Å². The van der Waals surface area contributed by atoms with Gasteiger partial charge in [0, 0.05) is 12.1 Å². The quantitative estimate of drug-likeness (QED) is 0.305. The minimum absolute atomic E-state index is 0.161. The predicted octanol–water partition coefficient (Wildman–Crippen LogP) is 1.51. The van der Waals surface area contributed by atoms with Crippen molar-refractivity contribution in [2.45, 2.75) is 6.04 Å². The summed E-state index contributed by atoms with van der Waals surface area (Å²) >= 11 is 0. The van der Waals surface area contributed by atoms with Crippen LogP contribution < -0.4 is 14.6 Å². The summed E-state index contributed by atoms with van der Waals surface area (Å²) in [6, 6.07) is 10.5. The minimum atomic E-state index is -1.17. The molecule has 0 radical (unpaired) electrons. The molecule has 158 valence electrons. The molecule has 0 aliphatic carbocycles. The number of carbonyl (C=O) groups is 3.